The van der Waals surface area contributed by atoms with Crippen LogP contribution in [0.1, 0.15) is 9.67 Å². The van der Waals surface area contributed by atoms with Crippen LogP contribution in [0.3, 0.4) is 0 Å². The SMILES string of the molecule is COC(=O)c1cnc(Nc2cc(Br)ccc2Cl)s1. The van der Waals surface area contributed by atoms with Gasteiger partial charge in [-0.05, 0) is 18.2 Å². The predicted octanol–water partition coefficient (Wildman–Crippen LogP) is 4.09. The van der Waals surface area contributed by atoms with E-state index in [2.05, 4.69) is 31.0 Å². The van der Waals surface area contributed by atoms with Crippen molar-refractivity contribution in [1.29, 1.82) is 0 Å². The number of nitrogens with zero attached hydrogens (tertiary/aromatic N) is 1. The summed E-state index contributed by atoms with van der Waals surface area (Å²) in [6, 6.07) is 5.44. The van der Waals surface area contributed by atoms with Crippen LogP contribution in [0.4, 0.5) is 10.8 Å². The van der Waals surface area contributed by atoms with E-state index < -0.39 is 5.97 Å². The molecule has 0 fully saturated rings. The number of nitrogens with one attached hydrogen (secondary N) is 1. The monoisotopic (exact) mass is 346 g/mol. The quantitative estimate of drug-likeness (QED) is 0.850. The van der Waals surface area contributed by atoms with Gasteiger partial charge in [-0.25, -0.2) is 9.78 Å². The van der Waals surface area contributed by atoms with Crippen LogP contribution < -0.4 is 5.32 Å². The lowest BCUT2D eigenvalue weighted by Gasteiger charge is -2.05. The molecule has 18 heavy (non-hydrogen) atoms. The van der Waals surface area contributed by atoms with Crippen molar-refractivity contribution >= 4 is 55.7 Å². The minimum absolute atomic E-state index is 0.402. The molecule has 2 rings (SSSR count). The molecular formula is C11H8BrClN2O2S. The molecule has 1 aromatic carbocycles. The Labute approximate surface area is 121 Å². The maximum Gasteiger partial charge on any atom is 0.349 e. The van der Waals surface area contributed by atoms with Crippen LogP contribution in [0.5, 0.6) is 0 Å². The van der Waals surface area contributed by atoms with Crippen LogP contribution in [0, 0.1) is 0 Å². The number of ether oxygens (including phenoxy) is 1. The van der Waals surface area contributed by atoms with Crippen LogP contribution in [-0.4, -0.2) is 18.1 Å². The van der Waals surface area contributed by atoms with E-state index in [0.717, 1.165) is 10.2 Å². The zero-order valence-electron chi connectivity index (χ0n) is 9.24. The molecule has 0 amide bonds. The van der Waals surface area contributed by atoms with Gasteiger partial charge in [-0.1, -0.05) is 38.9 Å². The minimum atomic E-state index is -0.402. The Balaban J connectivity index is 2.21. The highest BCUT2D eigenvalue weighted by Crippen LogP contribution is 2.30. The Morgan fingerprint density at radius 1 is 1.56 bits per heavy atom. The summed E-state index contributed by atoms with van der Waals surface area (Å²) in [5.41, 5.74) is 0.719. The lowest BCUT2D eigenvalue weighted by molar-refractivity contribution is 0.0606. The molecule has 0 aliphatic carbocycles. The number of anilines is 2. The summed E-state index contributed by atoms with van der Waals surface area (Å²) in [6.07, 6.45) is 1.46. The summed E-state index contributed by atoms with van der Waals surface area (Å²) >= 11 is 10.6. The number of halogens is 2. The molecule has 2 aromatic rings. The number of carbonyl (C=O) groups is 1. The maximum absolute atomic E-state index is 11.3. The van der Waals surface area contributed by atoms with E-state index in [1.165, 1.54) is 24.6 Å². The van der Waals surface area contributed by atoms with Crippen molar-refractivity contribution in [3.8, 4) is 0 Å². The molecular weight excluding hydrogens is 340 g/mol. The second-order valence-electron chi connectivity index (χ2n) is 3.27. The van der Waals surface area contributed by atoms with E-state index in [9.17, 15) is 4.79 Å². The second kappa shape index (κ2) is 5.69. The summed E-state index contributed by atoms with van der Waals surface area (Å²) < 4.78 is 5.51. The maximum atomic E-state index is 11.3. The number of hydrogen-bond acceptors (Lipinski definition) is 5. The fourth-order valence-corrected chi connectivity index (χ4v) is 2.51. The van der Waals surface area contributed by atoms with Crippen LogP contribution in [0.15, 0.2) is 28.9 Å². The zero-order chi connectivity index (χ0) is 13.1. The van der Waals surface area contributed by atoms with E-state index >= 15 is 0 Å². The molecule has 1 heterocycles. The molecule has 0 bridgehead atoms. The van der Waals surface area contributed by atoms with Crippen molar-refractivity contribution in [1.82, 2.24) is 4.98 Å². The van der Waals surface area contributed by atoms with Gasteiger partial charge >= 0.3 is 5.97 Å². The molecule has 0 aliphatic heterocycles. The summed E-state index contributed by atoms with van der Waals surface area (Å²) in [6.45, 7) is 0. The van der Waals surface area contributed by atoms with E-state index in [4.69, 9.17) is 11.6 Å². The number of esters is 1. The van der Waals surface area contributed by atoms with Gasteiger partial charge in [0.05, 0.1) is 24.0 Å². The zero-order valence-corrected chi connectivity index (χ0v) is 12.4. The average molecular weight is 348 g/mol. The third-order valence-electron chi connectivity index (χ3n) is 2.06. The van der Waals surface area contributed by atoms with Crippen molar-refractivity contribution in [3.63, 3.8) is 0 Å². The van der Waals surface area contributed by atoms with Gasteiger partial charge in [0.2, 0.25) is 0 Å². The van der Waals surface area contributed by atoms with Crippen LogP contribution >= 0.6 is 38.9 Å². The summed E-state index contributed by atoms with van der Waals surface area (Å²) in [4.78, 5) is 15.8. The van der Waals surface area contributed by atoms with Crippen molar-refractivity contribution in [2.75, 3.05) is 12.4 Å². The van der Waals surface area contributed by atoms with E-state index in [1.807, 2.05) is 12.1 Å². The number of hydrogen-bond donors (Lipinski definition) is 1. The first kappa shape index (κ1) is 13.3. The fourth-order valence-electron chi connectivity index (χ4n) is 1.24. The molecule has 94 valence electrons. The first-order chi connectivity index (χ1) is 8.60. The fraction of sp³-hybridized carbons (Fsp3) is 0.0909. The average Bonchev–Trinajstić information content (AvgIpc) is 2.81. The van der Waals surface area contributed by atoms with Crippen molar-refractivity contribution in [2.45, 2.75) is 0 Å². The third kappa shape index (κ3) is 3.01. The topological polar surface area (TPSA) is 51.2 Å². The highest BCUT2D eigenvalue weighted by atomic mass is 79.9. The Morgan fingerprint density at radius 2 is 2.33 bits per heavy atom. The Kier molecular flexibility index (Phi) is 4.21. The Bertz CT molecular complexity index is 588. The standard InChI is InChI=1S/C11H8BrClN2O2S/c1-17-10(16)9-5-14-11(18-9)15-8-4-6(12)2-3-7(8)13/h2-5H,1H3,(H,14,15). The molecule has 0 saturated carbocycles. The number of rotatable bonds is 3. The number of aromatic nitrogens is 1. The smallest absolute Gasteiger partial charge is 0.349 e. The van der Waals surface area contributed by atoms with Gasteiger partial charge < -0.3 is 10.1 Å². The highest BCUT2D eigenvalue weighted by Gasteiger charge is 2.11. The van der Waals surface area contributed by atoms with Gasteiger partial charge in [0.15, 0.2) is 5.13 Å². The van der Waals surface area contributed by atoms with Gasteiger partial charge in [0.25, 0.3) is 0 Å². The Hall–Kier alpha value is -1.11. The van der Waals surface area contributed by atoms with Crippen LogP contribution in [0.25, 0.3) is 0 Å². The highest BCUT2D eigenvalue weighted by molar-refractivity contribution is 9.10. The second-order valence-corrected chi connectivity index (χ2v) is 5.62. The van der Waals surface area contributed by atoms with Crippen molar-refractivity contribution in [3.05, 3.63) is 38.8 Å². The van der Waals surface area contributed by atoms with Gasteiger partial charge in [-0.3, -0.25) is 0 Å². The predicted molar refractivity (Wildman–Crippen MR) is 75.9 cm³/mol. The third-order valence-corrected chi connectivity index (χ3v) is 3.78. The number of methoxy groups -OCH3 is 1. The van der Waals surface area contributed by atoms with Crippen molar-refractivity contribution in [2.24, 2.45) is 0 Å². The lowest BCUT2D eigenvalue weighted by Crippen LogP contribution is -1.96. The largest absolute Gasteiger partial charge is 0.465 e. The van der Waals surface area contributed by atoms with Gasteiger partial charge in [-0.15, -0.1) is 0 Å². The molecule has 0 saturated heterocycles. The van der Waals surface area contributed by atoms with Gasteiger partial charge in [0.1, 0.15) is 4.88 Å². The van der Waals surface area contributed by atoms with E-state index in [1.54, 1.807) is 6.07 Å². The first-order valence-electron chi connectivity index (χ1n) is 4.86. The summed E-state index contributed by atoms with van der Waals surface area (Å²) in [7, 11) is 1.33. The van der Waals surface area contributed by atoms with E-state index in [-0.39, 0.29) is 0 Å². The molecule has 0 unspecified atom stereocenters. The van der Waals surface area contributed by atoms with Crippen LogP contribution in [-0.2, 0) is 4.74 Å². The molecule has 0 spiro atoms. The van der Waals surface area contributed by atoms with E-state index in [0.29, 0.717) is 15.0 Å². The molecule has 4 nitrogen and oxygen atoms in total. The van der Waals surface area contributed by atoms with Gasteiger partial charge in [0, 0.05) is 4.47 Å². The normalized spacial score (nSPS) is 10.2. The summed E-state index contributed by atoms with van der Waals surface area (Å²) in [5, 5.41) is 4.21. The molecule has 0 aliphatic rings. The molecule has 1 aromatic heterocycles. The number of benzene rings is 1. The molecule has 0 atom stereocenters. The number of thiazole rings is 1. The molecule has 0 radical (unpaired) electrons. The Morgan fingerprint density at radius 3 is 3.06 bits per heavy atom. The van der Waals surface area contributed by atoms with Gasteiger partial charge in [-0.2, -0.15) is 0 Å². The molecule has 7 heteroatoms. The number of carbonyl (C=O) groups excluding carboxylic acids is 1. The molecule has 1 N–H and O–H groups in total. The minimum Gasteiger partial charge on any atom is -0.465 e. The summed E-state index contributed by atoms with van der Waals surface area (Å²) in [5.74, 6) is -0.402. The lowest BCUT2D eigenvalue weighted by atomic mass is 10.3. The first-order valence-corrected chi connectivity index (χ1v) is 6.85. The van der Waals surface area contributed by atoms with Crippen molar-refractivity contribution < 1.29 is 9.53 Å². The van der Waals surface area contributed by atoms with Crippen LogP contribution in [0.2, 0.25) is 5.02 Å².